The molecule has 138 valence electrons. The Hall–Kier alpha value is -3.21. The first-order chi connectivity index (χ1) is 13.2. The van der Waals surface area contributed by atoms with E-state index >= 15 is 0 Å². The molecular formula is C22H22FN3O. The SMILES string of the molecule is CCN(C(=O)c1ccnc(NCCc2ccccc2F)c1)c1ccccc1. The molecule has 1 aromatic heterocycles. The van der Waals surface area contributed by atoms with Crippen molar-refractivity contribution in [2.24, 2.45) is 0 Å². The maximum atomic E-state index is 13.7. The fourth-order valence-corrected chi connectivity index (χ4v) is 2.89. The Morgan fingerprint density at radius 2 is 1.81 bits per heavy atom. The third-order valence-corrected chi connectivity index (χ3v) is 4.29. The van der Waals surface area contributed by atoms with E-state index < -0.39 is 0 Å². The molecule has 1 N–H and O–H groups in total. The van der Waals surface area contributed by atoms with Crippen molar-refractivity contribution in [3.05, 3.63) is 89.9 Å². The van der Waals surface area contributed by atoms with Gasteiger partial charge in [0, 0.05) is 30.5 Å². The second kappa shape index (κ2) is 8.94. The first-order valence-electron chi connectivity index (χ1n) is 8.99. The highest BCUT2D eigenvalue weighted by molar-refractivity contribution is 6.06. The predicted octanol–water partition coefficient (Wildman–Crippen LogP) is 4.54. The van der Waals surface area contributed by atoms with Gasteiger partial charge < -0.3 is 10.2 Å². The summed E-state index contributed by atoms with van der Waals surface area (Å²) in [4.78, 5) is 18.9. The first-order valence-corrected chi connectivity index (χ1v) is 8.99. The zero-order valence-electron chi connectivity index (χ0n) is 15.2. The van der Waals surface area contributed by atoms with Gasteiger partial charge in [0.1, 0.15) is 11.6 Å². The zero-order chi connectivity index (χ0) is 19.1. The molecule has 0 bridgehead atoms. The summed E-state index contributed by atoms with van der Waals surface area (Å²) in [5, 5.41) is 3.16. The van der Waals surface area contributed by atoms with Crippen LogP contribution in [0.25, 0.3) is 0 Å². The summed E-state index contributed by atoms with van der Waals surface area (Å²) in [7, 11) is 0. The van der Waals surface area contributed by atoms with Crippen LogP contribution in [0, 0.1) is 5.82 Å². The Balaban J connectivity index is 1.67. The molecule has 3 rings (SSSR count). The van der Waals surface area contributed by atoms with E-state index in [1.807, 2.05) is 43.3 Å². The van der Waals surface area contributed by atoms with E-state index in [1.54, 1.807) is 35.4 Å². The van der Waals surface area contributed by atoms with Gasteiger partial charge in [0.05, 0.1) is 0 Å². The summed E-state index contributed by atoms with van der Waals surface area (Å²) >= 11 is 0. The van der Waals surface area contributed by atoms with E-state index in [9.17, 15) is 9.18 Å². The second-order valence-corrected chi connectivity index (χ2v) is 6.08. The molecule has 0 aliphatic heterocycles. The van der Waals surface area contributed by atoms with Crippen molar-refractivity contribution in [3.63, 3.8) is 0 Å². The highest BCUT2D eigenvalue weighted by Gasteiger charge is 2.16. The molecule has 4 nitrogen and oxygen atoms in total. The van der Waals surface area contributed by atoms with Gasteiger partial charge in [-0.15, -0.1) is 0 Å². The van der Waals surface area contributed by atoms with E-state index in [2.05, 4.69) is 10.3 Å². The topological polar surface area (TPSA) is 45.2 Å². The minimum atomic E-state index is -0.211. The number of hydrogen-bond donors (Lipinski definition) is 1. The summed E-state index contributed by atoms with van der Waals surface area (Å²) in [5.41, 5.74) is 2.07. The Morgan fingerprint density at radius 3 is 2.56 bits per heavy atom. The lowest BCUT2D eigenvalue weighted by molar-refractivity contribution is 0.0988. The van der Waals surface area contributed by atoms with Crippen molar-refractivity contribution in [1.82, 2.24) is 4.98 Å². The number of benzene rings is 2. The number of halogens is 1. The maximum absolute atomic E-state index is 13.7. The van der Waals surface area contributed by atoms with Crippen molar-refractivity contribution in [3.8, 4) is 0 Å². The Kier molecular flexibility index (Phi) is 6.15. The van der Waals surface area contributed by atoms with Crippen LogP contribution in [0.2, 0.25) is 0 Å². The number of para-hydroxylation sites is 1. The van der Waals surface area contributed by atoms with Crippen LogP contribution in [0.1, 0.15) is 22.8 Å². The number of rotatable bonds is 7. The summed E-state index contributed by atoms with van der Waals surface area (Å²) in [5.74, 6) is 0.308. The van der Waals surface area contributed by atoms with E-state index in [0.717, 1.165) is 5.69 Å². The van der Waals surface area contributed by atoms with Crippen LogP contribution in [-0.4, -0.2) is 24.0 Å². The molecule has 0 saturated carbocycles. The van der Waals surface area contributed by atoms with Crippen molar-refractivity contribution in [1.29, 1.82) is 0 Å². The van der Waals surface area contributed by atoms with Gasteiger partial charge in [-0.2, -0.15) is 0 Å². The van der Waals surface area contributed by atoms with Crippen LogP contribution in [0.3, 0.4) is 0 Å². The number of anilines is 2. The van der Waals surface area contributed by atoms with Gasteiger partial charge in [-0.05, 0) is 49.2 Å². The maximum Gasteiger partial charge on any atom is 0.258 e. The third kappa shape index (κ3) is 4.70. The number of nitrogens with one attached hydrogen (secondary N) is 1. The normalized spacial score (nSPS) is 10.4. The lowest BCUT2D eigenvalue weighted by Crippen LogP contribution is -2.30. The molecule has 5 heteroatoms. The fourth-order valence-electron chi connectivity index (χ4n) is 2.89. The molecule has 0 radical (unpaired) electrons. The van der Waals surface area contributed by atoms with Crippen LogP contribution in [0.4, 0.5) is 15.9 Å². The summed E-state index contributed by atoms with van der Waals surface area (Å²) in [6.07, 6.45) is 2.15. The van der Waals surface area contributed by atoms with Gasteiger partial charge in [-0.25, -0.2) is 9.37 Å². The quantitative estimate of drug-likeness (QED) is 0.670. The monoisotopic (exact) mass is 363 g/mol. The molecule has 0 aliphatic rings. The fraction of sp³-hybridized carbons (Fsp3) is 0.182. The summed E-state index contributed by atoms with van der Waals surface area (Å²) < 4.78 is 13.7. The minimum Gasteiger partial charge on any atom is -0.370 e. The molecule has 0 aliphatic carbocycles. The first kappa shape index (κ1) is 18.6. The number of carbonyl (C=O) groups is 1. The van der Waals surface area contributed by atoms with Gasteiger partial charge in [-0.3, -0.25) is 4.79 Å². The van der Waals surface area contributed by atoms with Crippen molar-refractivity contribution < 1.29 is 9.18 Å². The molecular weight excluding hydrogens is 341 g/mol. The van der Waals surface area contributed by atoms with E-state index in [0.29, 0.717) is 36.5 Å². The molecule has 27 heavy (non-hydrogen) atoms. The van der Waals surface area contributed by atoms with Gasteiger partial charge in [0.2, 0.25) is 0 Å². The van der Waals surface area contributed by atoms with Gasteiger partial charge in [0.15, 0.2) is 0 Å². The van der Waals surface area contributed by atoms with Gasteiger partial charge in [0.25, 0.3) is 5.91 Å². The number of carbonyl (C=O) groups excluding carboxylic acids is 1. The standard InChI is InChI=1S/C22H22FN3O/c1-2-26(19-9-4-3-5-10-19)22(27)18-13-15-25-21(16-18)24-14-12-17-8-6-7-11-20(17)23/h3-11,13,15-16H,2,12,14H2,1H3,(H,24,25). The largest absolute Gasteiger partial charge is 0.370 e. The lowest BCUT2D eigenvalue weighted by Gasteiger charge is -2.21. The van der Waals surface area contributed by atoms with Crippen molar-refractivity contribution in [2.45, 2.75) is 13.3 Å². The van der Waals surface area contributed by atoms with E-state index in [4.69, 9.17) is 0 Å². The Bertz CT molecular complexity index is 899. The molecule has 1 amide bonds. The molecule has 0 fully saturated rings. The predicted molar refractivity (Wildman–Crippen MR) is 107 cm³/mol. The highest BCUT2D eigenvalue weighted by Crippen LogP contribution is 2.18. The number of amides is 1. The number of pyridine rings is 1. The number of hydrogen-bond acceptors (Lipinski definition) is 3. The van der Waals surface area contributed by atoms with Crippen LogP contribution >= 0.6 is 0 Å². The molecule has 0 spiro atoms. The Labute approximate surface area is 158 Å². The molecule has 1 heterocycles. The van der Waals surface area contributed by atoms with Gasteiger partial charge in [-0.1, -0.05) is 36.4 Å². The highest BCUT2D eigenvalue weighted by atomic mass is 19.1. The van der Waals surface area contributed by atoms with Gasteiger partial charge >= 0.3 is 0 Å². The van der Waals surface area contributed by atoms with Crippen LogP contribution in [0.5, 0.6) is 0 Å². The average molecular weight is 363 g/mol. The molecule has 0 saturated heterocycles. The van der Waals surface area contributed by atoms with Crippen molar-refractivity contribution >= 4 is 17.4 Å². The molecule has 0 atom stereocenters. The average Bonchev–Trinajstić information content (AvgIpc) is 2.71. The summed E-state index contributed by atoms with van der Waals surface area (Å²) in [6.45, 7) is 3.04. The summed E-state index contributed by atoms with van der Waals surface area (Å²) in [6, 6.07) is 19.7. The Morgan fingerprint density at radius 1 is 1.07 bits per heavy atom. The van der Waals surface area contributed by atoms with E-state index in [1.165, 1.54) is 6.07 Å². The molecule has 3 aromatic rings. The van der Waals surface area contributed by atoms with Crippen LogP contribution < -0.4 is 10.2 Å². The van der Waals surface area contributed by atoms with Crippen LogP contribution in [-0.2, 0) is 6.42 Å². The minimum absolute atomic E-state index is 0.0803. The van der Waals surface area contributed by atoms with E-state index in [-0.39, 0.29) is 11.7 Å². The number of aromatic nitrogens is 1. The zero-order valence-corrected chi connectivity index (χ0v) is 15.2. The number of nitrogens with zero attached hydrogens (tertiary/aromatic N) is 2. The molecule has 2 aromatic carbocycles. The second-order valence-electron chi connectivity index (χ2n) is 6.08. The smallest absolute Gasteiger partial charge is 0.258 e. The lowest BCUT2D eigenvalue weighted by atomic mass is 10.1. The molecule has 0 unspecified atom stereocenters. The van der Waals surface area contributed by atoms with Crippen LogP contribution in [0.15, 0.2) is 72.9 Å². The van der Waals surface area contributed by atoms with Crippen molar-refractivity contribution in [2.75, 3.05) is 23.3 Å². The third-order valence-electron chi connectivity index (χ3n) is 4.29.